The van der Waals surface area contributed by atoms with Crippen molar-refractivity contribution in [3.8, 4) is 17.2 Å². The third kappa shape index (κ3) is 4.15. The van der Waals surface area contributed by atoms with E-state index in [2.05, 4.69) is 32.8 Å². The number of aromatic nitrogens is 3. The summed E-state index contributed by atoms with van der Waals surface area (Å²) in [4.78, 5) is 15.5. The number of hydrogen-bond acceptors (Lipinski definition) is 7. The molecular formula is C27H24N4O2S. The number of anilines is 2. The molecule has 0 atom stereocenters. The first-order valence-electron chi connectivity index (χ1n) is 11.4. The summed E-state index contributed by atoms with van der Waals surface area (Å²) in [5.41, 5.74) is 5.75. The van der Waals surface area contributed by atoms with Crippen molar-refractivity contribution in [2.24, 2.45) is 5.92 Å². The van der Waals surface area contributed by atoms with Gasteiger partial charge in [-0.1, -0.05) is 0 Å². The van der Waals surface area contributed by atoms with Crippen LogP contribution in [0.25, 0.3) is 21.1 Å². The molecule has 0 spiro atoms. The monoisotopic (exact) mass is 468 g/mol. The molecule has 2 aromatic heterocycles. The van der Waals surface area contributed by atoms with Crippen LogP contribution in [0.2, 0.25) is 0 Å². The van der Waals surface area contributed by atoms with Crippen molar-refractivity contribution in [3.05, 3.63) is 72.0 Å². The van der Waals surface area contributed by atoms with Crippen molar-refractivity contribution in [2.75, 3.05) is 18.6 Å². The summed E-state index contributed by atoms with van der Waals surface area (Å²) in [6, 6.07) is 18.2. The Morgan fingerprint density at radius 3 is 2.68 bits per heavy atom. The smallest absolute Gasteiger partial charge is 0.144 e. The Morgan fingerprint density at radius 2 is 1.82 bits per heavy atom. The standard InChI is InChI=1S/C27H24N4O2S/c1-17-11-19(5-9-25(17)33-21-7-10-26-24(13-21)30-16-34-26)31(2)27-22-12-20(32-14-18-3-4-18)6-8-23(22)28-15-29-27/h5-13,15-16,18H,3-4,14H2,1-2H3. The van der Waals surface area contributed by atoms with E-state index in [9.17, 15) is 0 Å². The molecule has 0 amide bonds. The van der Waals surface area contributed by atoms with Crippen molar-refractivity contribution in [1.29, 1.82) is 0 Å². The second-order valence-electron chi connectivity index (χ2n) is 8.72. The number of hydrogen-bond donors (Lipinski definition) is 0. The molecule has 170 valence electrons. The molecule has 1 saturated carbocycles. The topological polar surface area (TPSA) is 60.4 Å². The number of benzene rings is 3. The number of ether oxygens (including phenoxy) is 2. The Balaban J connectivity index is 1.27. The van der Waals surface area contributed by atoms with Gasteiger partial charge >= 0.3 is 0 Å². The lowest BCUT2D eigenvalue weighted by atomic mass is 10.1. The van der Waals surface area contributed by atoms with Crippen LogP contribution in [0, 0.1) is 12.8 Å². The lowest BCUT2D eigenvalue weighted by molar-refractivity contribution is 0.300. The van der Waals surface area contributed by atoms with Crippen LogP contribution in [0.15, 0.2) is 66.4 Å². The van der Waals surface area contributed by atoms with Crippen LogP contribution in [0.1, 0.15) is 18.4 Å². The Kier molecular flexibility index (Phi) is 5.26. The zero-order chi connectivity index (χ0) is 23.1. The van der Waals surface area contributed by atoms with Gasteiger partial charge in [-0.05, 0) is 79.8 Å². The van der Waals surface area contributed by atoms with Gasteiger partial charge in [-0.15, -0.1) is 11.3 Å². The largest absolute Gasteiger partial charge is 0.493 e. The highest BCUT2D eigenvalue weighted by molar-refractivity contribution is 7.16. The maximum Gasteiger partial charge on any atom is 0.144 e. The number of aryl methyl sites for hydroxylation is 1. The molecule has 1 aliphatic rings. The van der Waals surface area contributed by atoms with E-state index in [-0.39, 0.29) is 0 Å². The van der Waals surface area contributed by atoms with E-state index in [0.29, 0.717) is 5.92 Å². The van der Waals surface area contributed by atoms with E-state index in [1.165, 1.54) is 12.8 Å². The van der Waals surface area contributed by atoms with Gasteiger partial charge in [0, 0.05) is 24.2 Å². The summed E-state index contributed by atoms with van der Waals surface area (Å²) in [5, 5.41) is 0.966. The predicted molar refractivity (Wildman–Crippen MR) is 137 cm³/mol. The first-order chi connectivity index (χ1) is 16.6. The highest BCUT2D eigenvalue weighted by Gasteiger charge is 2.22. The Morgan fingerprint density at radius 1 is 0.941 bits per heavy atom. The van der Waals surface area contributed by atoms with Crippen LogP contribution in [0.3, 0.4) is 0 Å². The first kappa shape index (κ1) is 20.9. The Labute approximate surface area is 201 Å². The van der Waals surface area contributed by atoms with Gasteiger partial charge in [0.2, 0.25) is 0 Å². The summed E-state index contributed by atoms with van der Waals surface area (Å²) >= 11 is 1.63. The minimum atomic E-state index is 0.706. The summed E-state index contributed by atoms with van der Waals surface area (Å²) in [5.74, 6) is 4.00. The fourth-order valence-corrected chi connectivity index (χ4v) is 4.64. The van der Waals surface area contributed by atoms with Crippen molar-refractivity contribution in [2.45, 2.75) is 19.8 Å². The van der Waals surface area contributed by atoms with E-state index in [1.54, 1.807) is 17.7 Å². The summed E-state index contributed by atoms with van der Waals surface area (Å²) in [6.45, 7) is 2.83. The normalized spacial score (nSPS) is 13.4. The molecule has 6 nitrogen and oxygen atoms in total. The third-order valence-electron chi connectivity index (χ3n) is 6.16. The van der Waals surface area contributed by atoms with Gasteiger partial charge in [-0.3, -0.25) is 0 Å². The van der Waals surface area contributed by atoms with Crippen molar-refractivity contribution in [1.82, 2.24) is 15.0 Å². The highest BCUT2D eigenvalue weighted by atomic mass is 32.1. The van der Waals surface area contributed by atoms with Crippen LogP contribution < -0.4 is 14.4 Å². The maximum absolute atomic E-state index is 6.17. The molecule has 7 heteroatoms. The van der Waals surface area contributed by atoms with E-state index < -0.39 is 0 Å². The van der Waals surface area contributed by atoms with Crippen molar-refractivity contribution < 1.29 is 9.47 Å². The molecule has 0 bridgehead atoms. The molecule has 0 unspecified atom stereocenters. The van der Waals surface area contributed by atoms with Crippen LogP contribution in [0.5, 0.6) is 17.2 Å². The minimum absolute atomic E-state index is 0.706. The fraction of sp³-hybridized carbons (Fsp3) is 0.222. The molecule has 0 aliphatic heterocycles. The molecule has 1 fully saturated rings. The van der Waals surface area contributed by atoms with E-state index >= 15 is 0 Å². The first-order valence-corrected chi connectivity index (χ1v) is 12.2. The van der Waals surface area contributed by atoms with Crippen LogP contribution in [-0.4, -0.2) is 28.6 Å². The lowest BCUT2D eigenvalue weighted by Gasteiger charge is -2.21. The Bertz CT molecular complexity index is 1500. The van der Waals surface area contributed by atoms with Gasteiger partial charge in [0.15, 0.2) is 0 Å². The SMILES string of the molecule is Cc1cc(N(C)c2ncnc3ccc(OCC4CC4)cc23)ccc1Oc1ccc2scnc2c1. The lowest BCUT2D eigenvalue weighted by Crippen LogP contribution is -2.12. The third-order valence-corrected chi connectivity index (χ3v) is 6.97. The van der Waals surface area contributed by atoms with E-state index in [0.717, 1.165) is 62.0 Å². The maximum atomic E-state index is 6.17. The molecule has 5 aromatic rings. The van der Waals surface area contributed by atoms with Gasteiger partial charge < -0.3 is 14.4 Å². The summed E-state index contributed by atoms with van der Waals surface area (Å²) in [6.07, 6.45) is 4.14. The second-order valence-corrected chi connectivity index (χ2v) is 9.61. The van der Waals surface area contributed by atoms with Gasteiger partial charge in [-0.2, -0.15) is 0 Å². The average Bonchev–Trinajstić information content (AvgIpc) is 3.58. The molecule has 1 aliphatic carbocycles. The average molecular weight is 469 g/mol. The van der Waals surface area contributed by atoms with Crippen LogP contribution in [0.4, 0.5) is 11.5 Å². The number of fused-ring (bicyclic) bond motifs is 2. The van der Waals surface area contributed by atoms with Crippen LogP contribution in [-0.2, 0) is 0 Å². The zero-order valence-corrected chi connectivity index (χ0v) is 19.9. The quantitative estimate of drug-likeness (QED) is 0.259. The van der Waals surface area contributed by atoms with Gasteiger partial charge in [0.25, 0.3) is 0 Å². The molecule has 34 heavy (non-hydrogen) atoms. The summed E-state index contributed by atoms with van der Waals surface area (Å²) < 4.78 is 13.3. The fourth-order valence-electron chi connectivity index (χ4n) is 3.98. The predicted octanol–water partition coefficient (Wildman–Crippen LogP) is 6.90. The van der Waals surface area contributed by atoms with E-state index in [4.69, 9.17) is 9.47 Å². The molecular weight excluding hydrogens is 444 g/mol. The van der Waals surface area contributed by atoms with Gasteiger partial charge in [-0.25, -0.2) is 15.0 Å². The number of rotatable bonds is 7. The molecule has 0 saturated heterocycles. The molecule has 0 N–H and O–H groups in total. The van der Waals surface area contributed by atoms with Crippen LogP contribution >= 0.6 is 11.3 Å². The highest BCUT2D eigenvalue weighted by Crippen LogP contribution is 2.35. The minimum Gasteiger partial charge on any atom is -0.493 e. The van der Waals surface area contributed by atoms with Gasteiger partial charge in [0.05, 0.1) is 27.9 Å². The molecule has 0 radical (unpaired) electrons. The van der Waals surface area contributed by atoms with E-state index in [1.807, 2.05) is 61.1 Å². The Hall–Kier alpha value is -3.71. The number of thiazole rings is 1. The molecule has 6 rings (SSSR count). The molecule has 2 heterocycles. The number of nitrogens with zero attached hydrogens (tertiary/aromatic N) is 4. The van der Waals surface area contributed by atoms with Gasteiger partial charge in [0.1, 0.15) is 29.4 Å². The van der Waals surface area contributed by atoms with Crippen molar-refractivity contribution in [3.63, 3.8) is 0 Å². The second kappa shape index (κ2) is 8.57. The molecule has 3 aromatic carbocycles. The van der Waals surface area contributed by atoms with Crippen molar-refractivity contribution >= 4 is 44.0 Å². The summed E-state index contributed by atoms with van der Waals surface area (Å²) in [7, 11) is 2.02. The zero-order valence-electron chi connectivity index (χ0n) is 19.1.